The first-order chi connectivity index (χ1) is 6.60. The first-order valence-electron chi connectivity index (χ1n) is 3.62. The van der Waals surface area contributed by atoms with E-state index < -0.39 is 5.91 Å². The Morgan fingerprint density at radius 1 is 1.57 bits per heavy atom. The number of aldehydes is 1. The van der Waals surface area contributed by atoms with Gasteiger partial charge in [0.25, 0.3) is 0 Å². The van der Waals surface area contributed by atoms with E-state index in [0.29, 0.717) is 6.29 Å². The summed E-state index contributed by atoms with van der Waals surface area (Å²) in [7, 11) is 0. The highest BCUT2D eigenvalue weighted by atomic mass is 16.3. The molecule has 0 saturated heterocycles. The topological polar surface area (TPSA) is 104 Å². The normalized spacial score (nSPS) is 9.07. The first kappa shape index (κ1) is 9.74. The third kappa shape index (κ3) is 1.54. The maximum absolute atomic E-state index is 10.8. The monoisotopic (exact) mass is 190 g/mol. The molecule has 3 N–H and O–H groups in total. The predicted octanol–water partition coefficient (Wildman–Crippen LogP) is 0.175. The van der Waals surface area contributed by atoms with Crippen LogP contribution in [-0.2, 0) is 0 Å². The molecule has 0 aromatic heterocycles. The number of hydrogen-bond acceptors (Lipinski definition) is 4. The van der Waals surface area contributed by atoms with Crippen molar-refractivity contribution >= 4 is 12.2 Å². The zero-order chi connectivity index (χ0) is 10.7. The maximum Gasteiger partial charge on any atom is 0.250 e. The average molecular weight is 190 g/mol. The molecule has 5 heteroatoms. The number of benzene rings is 1. The molecule has 0 atom stereocenters. The van der Waals surface area contributed by atoms with Gasteiger partial charge in [-0.15, -0.1) is 0 Å². The second-order valence-corrected chi connectivity index (χ2v) is 2.55. The van der Waals surface area contributed by atoms with E-state index in [1.807, 2.05) is 0 Å². The summed E-state index contributed by atoms with van der Waals surface area (Å²) in [6.45, 7) is 0. The van der Waals surface area contributed by atoms with Gasteiger partial charge in [0.2, 0.25) is 5.91 Å². The minimum absolute atomic E-state index is 0.0550. The number of nitrogens with two attached hydrogens (primary N) is 1. The number of carbonyl (C=O) groups excluding carboxylic acids is 2. The largest absolute Gasteiger partial charge is 0.507 e. The lowest BCUT2D eigenvalue weighted by molar-refractivity contribution is 0.1000. The number of phenols is 1. The molecule has 1 amide bonds. The highest BCUT2D eigenvalue weighted by Crippen LogP contribution is 2.20. The smallest absolute Gasteiger partial charge is 0.250 e. The van der Waals surface area contributed by atoms with Crippen LogP contribution in [0.4, 0.5) is 0 Å². The molecule has 5 nitrogen and oxygen atoms in total. The molecule has 0 saturated carbocycles. The number of aromatic hydroxyl groups is 1. The van der Waals surface area contributed by atoms with Crippen LogP contribution in [0, 0.1) is 11.3 Å². The maximum atomic E-state index is 10.8. The third-order valence-corrected chi connectivity index (χ3v) is 1.68. The van der Waals surface area contributed by atoms with E-state index in [-0.39, 0.29) is 22.4 Å². The summed E-state index contributed by atoms with van der Waals surface area (Å²) in [5.41, 5.74) is 4.77. The van der Waals surface area contributed by atoms with Crippen molar-refractivity contribution < 1.29 is 14.7 Å². The number of amides is 1. The molecule has 70 valence electrons. The quantitative estimate of drug-likeness (QED) is 0.648. The molecule has 0 spiro atoms. The van der Waals surface area contributed by atoms with Gasteiger partial charge in [-0.25, -0.2) is 0 Å². The Balaban J connectivity index is 3.49. The Bertz CT molecular complexity index is 446. The number of nitrogens with zero attached hydrogens (tertiary/aromatic N) is 1. The van der Waals surface area contributed by atoms with E-state index in [4.69, 9.17) is 11.0 Å². The second-order valence-electron chi connectivity index (χ2n) is 2.55. The van der Waals surface area contributed by atoms with Crippen LogP contribution in [0.3, 0.4) is 0 Å². The van der Waals surface area contributed by atoms with Crippen LogP contribution in [0.5, 0.6) is 5.75 Å². The number of primary amides is 1. The summed E-state index contributed by atoms with van der Waals surface area (Å²) in [5, 5.41) is 17.8. The van der Waals surface area contributed by atoms with E-state index in [1.165, 1.54) is 0 Å². The summed E-state index contributed by atoms with van der Waals surface area (Å²) in [4.78, 5) is 21.2. The van der Waals surface area contributed by atoms with Crippen LogP contribution >= 0.6 is 0 Å². The van der Waals surface area contributed by atoms with Crippen LogP contribution in [0.25, 0.3) is 0 Å². The SMILES string of the molecule is N#Cc1cc(O)c(C=O)cc1C(N)=O. The number of nitriles is 1. The molecule has 0 unspecified atom stereocenters. The Kier molecular flexibility index (Phi) is 2.49. The molecule has 1 rings (SSSR count). The molecule has 1 aromatic rings. The highest BCUT2D eigenvalue weighted by Gasteiger charge is 2.12. The van der Waals surface area contributed by atoms with Gasteiger partial charge in [-0.05, 0) is 12.1 Å². The fourth-order valence-corrected chi connectivity index (χ4v) is 0.996. The van der Waals surface area contributed by atoms with Crippen LogP contribution in [0.15, 0.2) is 12.1 Å². The van der Waals surface area contributed by atoms with Crippen molar-refractivity contribution in [2.24, 2.45) is 5.73 Å². The molecule has 0 aliphatic carbocycles. The average Bonchev–Trinajstić information content (AvgIpc) is 2.16. The van der Waals surface area contributed by atoms with Gasteiger partial charge in [0.15, 0.2) is 6.29 Å². The van der Waals surface area contributed by atoms with Gasteiger partial charge in [0, 0.05) is 0 Å². The fourth-order valence-electron chi connectivity index (χ4n) is 0.996. The van der Waals surface area contributed by atoms with Crippen molar-refractivity contribution in [1.82, 2.24) is 0 Å². The summed E-state index contributed by atoms with van der Waals surface area (Å²) in [6.07, 6.45) is 0.378. The van der Waals surface area contributed by atoms with Gasteiger partial charge in [-0.3, -0.25) is 9.59 Å². The zero-order valence-corrected chi connectivity index (χ0v) is 7.02. The molecule has 0 fully saturated rings. The van der Waals surface area contributed by atoms with Gasteiger partial charge >= 0.3 is 0 Å². The Hall–Kier alpha value is -2.35. The van der Waals surface area contributed by atoms with E-state index >= 15 is 0 Å². The van der Waals surface area contributed by atoms with E-state index in [1.54, 1.807) is 6.07 Å². The molecule has 0 aliphatic rings. The standard InChI is InChI=1S/C9H6N2O3/c10-3-5-2-8(13)6(4-12)1-7(5)9(11)14/h1-2,4,13H,(H2,11,14). The number of rotatable bonds is 2. The van der Waals surface area contributed by atoms with Crippen LogP contribution in [-0.4, -0.2) is 17.3 Å². The third-order valence-electron chi connectivity index (χ3n) is 1.68. The van der Waals surface area contributed by atoms with Crippen LogP contribution < -0.4 is 5.73 Å². The van der Waals surface area contributed by atoms with E-state index in [9.17, 15) is 14.7 Å². The number of phenolic OH excluding ortho intramolecular Hbond substituents is 1. The lowest BCUT2D eigenvalue weighted by atomic mass is 10.0. The van der Waals surface area contributed by atoms with Gasteiger partial charge < -0.3 is 10.8 Å². The number of carbonyl (C=O) groups is 2. The minimum Gasteiger partial charge on any atom is -0.507 e. The molecule has 0 radical (unpaired) electrons. The summed E-state index contributed by atoms with van der Waals surface area (Å²) in [6, 6.07) is 3.81. The highest BCUT2D eigenvalue weighted by molar-refractivity contribution is 5.97. The number of hydrogen-bond donors (Lipinski definition) is 2. The molecule has 0 heterocycles. The molecule has 14 heavy (non-hydrogen) atoms. The Labute approximate surface area is 79.4 Å². The van der Waals surface area contributed by atoms with E-state index in [0.717, 1.165) is 12.1 Å². The zero-order valence-electron chi connectivity index (χ0n) is 7.02. The minimum atomic E-state index is -0.815. The van der Waals surface area contributed by atoms with Crippen LogP contribution in [0.1, 0.15) is 26.3 Å². The van der Waals surface area contributed by atoms with Crippen molar-refractivity contribution in [2.45, 2.75) is 0 Å². The first-order valence-corrected chi connectivity index (χ1v) is 3.62. The van der Waals surface area contributed by atoms with Crippen LogP contribution in [0.2, 0.25) is 0 Å². The van der Waals surface area contributed by atoms with Crippen molar-refractivity contribution in [3.8, 4) is 11.8 Å². The van der Waals surface area contributed by atoms with Crippen molar-refractivity contribution in [1.29, 1.82) is 5.26 Å². The molecule has 0 bridgehead atoms. The van der Waals surface area contributed by atoms with Crippen molar-refractivity contribution in [2.75, 3.05) is 0 Å². The molecular weight excluding hydrogens is 184 g/mol. The van der Waals surface area contributed by atoms with E-state index in [2.05, 4.69) is 0 Å². The summed E-state index contributed by atoms with van der Waals surface area (Å²) < 4.78 is 0. The van der Waals surface area contributed by atoms with Gasteiger partial charge in [-0.2, -0.15) is 5.26 Å². The van der Waals surface area contributed by atoms with Crippen molar-refractivity contribution in [3.63, 3.8) is 0 Å². The van der Waals surface area contributed by atoms with Crippen molar-refractivity contribution in [3.05, 3.63) is 28.8 Å². The second kappa shape index (κ2) is 3.58. The van der Waals surface area contributed by atoms with Gasteiger partial charge in [0.05, 0.1) is 16.7 Å². The molecule has 1 aromatic carbocycles. The predicted molar refractivity (Wildman–Crippen MR) is 46.7 cm³/mol. The Morgan fingerprint density at radius 3 is 2.64 bits per heavy atom. The lowest BCUT2D eigenvalue weighted by Crippen LogP contribution is -2.13. The summed E-state index contributed by atoms with van der Waals surface area (Å²) in [5.74, 6) is -1.16. The van der Waals surface area contributed by atoms with Gasteiger partial charge in [-0.1, -0.05) is 0 Å². The molecular formula is C9H6N2O3. The van der Waals surface area contributed by atoms with Gasteiger partial charge in [0.1, 0.15) is 11.8 Å². The lowest BCUT2D eigenvalue weighted by Gasteiger charge is -2.02. The fraction of sp³-hybridized carbons (Fsp3) is 0. The Morgan fingerprint density at radius 2 is 2.21 bits per heavy atom. The molecule has 0 aliphatic heterocycles. The summed E-state index contributed by atoms with van der Waals surface area (Å²) >= 11 is 0.